The lowest BCUT2D eigenvalue weighted by Crippen LogP contribution is -2.55. The zero-order valence-electron chi connectivity index (χ0n) is 24.8. The number of aromatic amines is 1. The van der Waals surface area contributed by atoms with Gasteiger partial charge in [0.15, 0.2) is 11.2 Å². The molecule has 2 saturated heterocycles. The number of ether oxygens (including phenoxy) is 1. The summed E-state index contributed by atoms with van der Waals surface area (Å²) < 4.78 is 12.4. The van der Waals surface area contributed by atoms with E-state index in [9.17, 15) is 10.1 Å². The summed E-state index contributed by atoms with van der Waals surface area (Å²) in [6, 6.07) is 8.39. The first-order chi connectivity index (χ1) is 21.5. The van der Waals surface area contributed by atoms with Crippen LogP contribution in [-0.4, -0.2) is 92.8 Å². The zero-order valence-corrected chi connectivity index (χ0v) is 24.8. The summed E-state index contributed by atoms with van der Waals surface area (Å²) in [6.07, 6.45) is 7.13. The number of aromatic nitrogens is 5. The normalized spacial score (nSPS) is 19.2. The lowest BCUT2D eigenvalue weighted by molar-refractivity contribution is -0.128. The molecule has 0 unspecified atom stereocenters. The quantitative estimate of drug-likeness (QED) is 0.274. The lowest BCUT2D eigenvalue weighted by Gasteiger charge is -2.41. The number of piperazine rings is 1. The maximum Gasteiger partial charge on any atom is 0.320 e. The van der Waals surface area contributed by atoms with Gasteiger partial charge in [-0.1, -0.05) is 12.6 Å². The van der Waals surface area contributed by atoms with Crippen molar-refractivity contribution in [2.75, 3.05) is 44.7 Å². The molecule has 2 atom stereocenters. The highest BCUT2D eigenvalue weighted by molar-refractivity contribution is 6.14. The number of hydrogen-bond acceptors (Lipinski definition) is 10. The van der Waals surface area contributed by atoms with E-state index in [1.54, 1.807) is 11.2 Å². The average molecular weight is 592 g/mol. The molecule has 0 radical (unpaired) electrons. The molecule has 6 heterocycles. The first-order valence-electron chi connectivity index (χ1n) is 14.9. The second-order valence-electron chi connectivity index (χ2n) is 11.5. The predicted octanol–water partition coefficient (Wildman–Crippen LogP) is 4.21. The van der Waals surface area contributed by atoms with Crippen LogP contribution in [0.3, 0.4) is 0 Å². The molecule has 12 heteroatoms. The summed E-state index contributed by atoms with van der Waals surface area (Å²) in [4.78, 5) is 33.6. The van der Waals surface area contributed by atoms with Gasteiger partial charge in [-0.15, -0.1) is 0 Å². The molecule has 5 aromatic rings. The van der Waals surface area contributed by atoms with Crippen LogP contribution in [0, 0.1) is 18.3 Å². The summed E-state index contributed by atoms with van der Waals surface area (Å²) in [5.74, 6) is 0.418. The van der Waals surface area contributed by atoms with Gasteiger partial charge < -0.3 is 23.9 Å². The summed E-state index contributed by atoms with van der Waals surface area (Å²) in [7, 11) is 2.10. The number of hydrogen-bond donors (Lipinski definition) is 1. The molecule has 0 bridgehead atoms. The van der Waals surface area contributed by atoms with Crippen molar-refractivity contribution in [2.24, 2.45) is 0 Å². The van der Waals surface area contributed by atoms with Crippen molar-refractivity contribution in [3.8, 4) is 23.3 Å². The molecule has 2 aliphatic heterocycles. The number of anilines is 1. The molecule has 224 valence electrons. The van der Waals surface area contributed by atoms with Gasteiger partial charge in [-0.25, -0.2) is 4.98 Å². The molecular formula is C32H33N9O3. The van der Waals surface area contributed by atoms with E-state index in [4.69, 9.17) is 24.1 Å². The minimum atomic E-state index is -0.332. The number of aryl methyl sites for hydroxylation is 1. The van der Waals surface area contributed by atoms with Gasteiger partial charge in [0.05, 0.1) is 42.2 Å². The molecule has 7 rings (SSSR count). The number of furan rings is 1. The molecular weight excluding hydrogens is 558 g/mol. The number of benzene rings is 1. The van der Waals surface area contributed by atoms with Crippen molar-refractivity contribution in [3.63, 3.8) is 0 Å². The number of fused-ring (bicyclic) bond motifs is 4. The maximum absolute atomic E-state index is 12.6. The Morgan fingerprint density at radius 1 is 1.20 bits per heavy atom. The number of likely N-dealkylation sites (N-methyl/N-ethyl adjacent to an activating group) is 1. The molecule has 1 N–H and O–H groups in total. The number of nitriles is 1. The second kappa shape index (κ2) is 11.2. The molecule has 4 aromatic heterocycles. The molecule has 44 heavy (non-hydrogen) atoms. The number of carbonyl (C=O) groups is 1. The van der Waals surface area contributed by atoms with Crippen molar-refractivity contribution in [2.45, 2.75) is 38.3 Å². The number of H-pyrrole nitrogens is 1. The standard InChI is InChI=1S/C32H33N9O3/c1-4-25(42)41-14-13-40(17-20(41)9-11-33)31-27-29-22(10-15-43-29)28(26-19(2)7-8-24-23(26)16-34-38-24)35-30(27)36-32(37-31)44-18-21-6-5-12-39(21)3/h4,7-8,10,15-16,20-21H,1,5-6,9,12-14,17-18H2,2-3H3,(H,34,38)/t20-,21-/m0/s1. The highest BCUT2D eigenvalue weighted by Gasteiger charge is 2.33. The third kappa shape index (κ3) is 4.69. The van der Waals surface area contributed by atoms with Crippen molar-refractivity contribution < 1.29 is 13.9 Å². The molecule has 0 spiro atoms. The van der Waals surface area contributed by atoms with Crippen molar-refractivity contribution >= 4 is 44.6 Å². The largest absolute Gasteiger partial charge is 0.463 e. The van der Waals surface area contributed by atoms with Gasteiger partial charge in [0.2, 0.25) is 5.91 Å². The van der Waals surface area contributed by atoms with Crippen LogP contribution in [-0.2, 0) is 4.79 Å². The summed E-state index contributed by atoms with van der Waals surface area (Å²) >= 11 is 0. The Bertz CT molecular complexity index is 1940. The third-order valence-electron chi connectivity index (χ3n) is 8.93. The first kappa shape index (κ1) is 27.8. The summed E-state index contributed by atoms with van der Waals surface area (Å²) in [5, 5.41) is 19.4. The highest BCUT2D eigenvalue weighted by Crippen LogP contribution is 2.40. The number of likely N-dealkylation sites (tertiary alicyclic amines) is 1. The summed E-state index contributed by atoms with van der Waals surface area (Å²) in [5.41, 5.74) is 4.70. The SMILES string of the molecule is C=CC(=O)N1CCN(c2nc(OC[C@@H]3CCCN3C)nc3nc(-c4c(C)ccc5[nH]ncc45)c4ccoc4c23)C[C@@H]1CC#N. The third-order valence-corrected chi connectivity index (χ3v) is 8.93. The first-order valence-corrected chi connectivity index (χ1v) is 14.9. The number of nitrogens with zero attached hydrogens (tertiary/aromatic N) is 8. The molecule has 0 aliphatic carbocycles. The van der Waals surface area contributed by atoms with Gasteiger partial charge in [0.25, 0.3) is 0 Å². The van der Waals surface area contributed by atoms with Crippen LogP contribution < -0.4 is 9.64 Å². The minimum Gasteiger partial charge on any atom is -0.463 e. The molecule has 2 aliphatic rings. The molecule has 1 amide bonds. The fourth-order valence-corrected chi connectivity index (χ4v) is 6.58. The van der Waals surface area contributed by atoms with Crippen LogP contribution in [0.15, 0.2) is 47.7 Å². The smallest absolute Gasteiger partial charge is 0.320 e. The van der Waals surface area contributed by atoms with Crippen molar-refractivity contribution in [1.82, 2.24) is 34.9 Å². The number of rotatable bonds is 7. The van der Waals surface area contributed by atoms with Crippen LogP contribution >= 0.6 is 0 Å². The van der Waals surface area contributed by atoms with Gasteiger partial charge in [0, 0.05) is 42.0 Å². The molecule has 1 aromatic carbocycles. The Morgan fingerprint density at radius 2 is 2.09 bits per heavy atom. The van der Waals surface area contributed by atoms with Crippen molar-refractivity contribution in [3.05, 3.63) is 48.9 Å². The Kier molecular flexibility index (Phi) is 7.10. The number of pyridine rings is 1. The summed E-state index contributed by atoms with van der Waals surface area (Å²) in [6.45, 7) is 8.51. The van der Waals surface area contributed by atoms with E-state index in [0.717, 1.165) is 52.5 Å². The predicted molar refractivity (Wildman–Crippen MR) is 166 cm³/mol. The zero-order chi connectivity index (χ0) is 30.4. The van der Waals surface area contributed by atoms with Gasteiger partial charge >= 0.3 is 6.01 Å². The Balaban J connectivity index is 1.40. The number of nitrogens with one attached hydrogen (secondary N) is 1. The van der Waals surface area contributed by atoms with Gasteiger partial charge in [-0.3, -0.25) is 9.89 Å². The topological polar surface area (TPSA) is 140 Å². The van der Waals surface area contributed by atoms with E-state index in [-0.39, 0.29) is 30.4 Å². The maximum atomic E-state index is 12.6. The fraction of sp³-hybridized carbons (Fsp3) is 0.375. The van der Waals surface area contributed by atoms with E-state index in [1.807, 2.05) is 24.4 Å². The van der Waals surface area contributed by atoms with E-state index in [0.29, 0.717) is 48.7 Å². The van der Waals surface area contributed by atoms with Crippen LogP contribution in [0.4, 0.5) is 5.82 Å². The van der Waals surface area contributed by atoms with E-state index in [2.05, 4.69) is 46.6 Å². The van der Waals surface area contributed by atoms with Crippen LogP contribution in [0.1, 0.15) is 24.8 Å². The lowest BCUT2D eigenvalue weighted by atomic mass is 9.98. The van der Waals surface area contributed by atoms with Gasteiger partial charge in [-0.2, -0.15) is 20.3 Å². The van der Waals surface area contributed by atoms with E-state index >= 15 is 0 Å². The monoisotopic (exact) mass is 591 g/mol. The molecule has 0 saturated carbocycles. The fourth-order valence-electron chi connectivity index (χ4n) is 6.58. The van der Waals surface area contributed by atoms with Crippen LogP contribution in [0.25, 0.3) is 44.2 Å². The number of carbonyl (C=O) groups excluding carboxylic acids is 1. The average Bonchev–Trinajstić information content (AvgIpc) is 3.80. The Labute approximate surface area is 253 Å². The second-order valence-corrected chi connectivity index (χ2v) is 11.5. The highest BCUT2D eigenvalue weighted by atomic mass is 16.5. The van der Waals surface area contributed by atoms with Crippen LogP contribution in [0.2, 0.25) is 0 Å². The van der Waals surface area contributed by atoms with Crippen molar-refractivity contribution in [1.29, 1.82) is 5.26 Å². The Morgan fingerprint density at radius 3 is 2.89 bits per heavy atom. The van der Waals surface area contributed by atoms with Gasteiger partial charge in [-0.05, 0) is 57.1 Å². The van der Waals surface area contributed by atoms with E-state index in [1.165, 1.54) is 6.08 Å². The minimum absolute atomic E-state index is 0.184. The molecule has 12 nitrogen and oxygen atoms in total. The van der Waals surface area contributed by atoms with Crippen LogP contribution in [0.5, 0.6) is 6.01 Å². The molecule has 2 fully saturated rings. The van der Waals surface area contributed by atoms with Gasteiger partial charge in [0.1, 0.15) is 17.8 Å². The van der Waals surface area contributed by atoms with E-state index < -0.39 is 0 Å². The number of amides is 1. The Hall–Kier alpha value is -5.02.